The van der Waals surface area contributed by atoms with Gasteiger partial charge in [-0.25, -0.2) is 4.98 Å². The van der Waals surface area contributed by atoms with Crippen LogP contribution in [0.2, 0.25) is 5.15 Å². The summed E-state index contributed by atoms with van der Waals surface area (Å²) in [6.07, 6.45) is -3.42. The third-order valence-corrected chi connectivity index (χ3v) is 4.41. The van der Waals surface area contributed by atoms with Crippen molar-refractivity contribution in [3.05, 3.63) is 58.6 Å². The highest BCUT2D eigenvalue weighted by Gasteiger charge is 2.35. The van der Waals surface area contributed by atoms with Gasteiger partial charge in [0.15, 0.2) is 10.8 Å². The molecule has 28 heavy (non-hydrogen) atoms. The highest BCUT2D eigenvalue weighted by Crippen LogP contribution is 2.32. The summed E-state index contributed by atoms with van der Waals surface area (Å²) >= 11 is 5.86. The minimum Gasteiger partial charge on any atom is -0.379 e. The van der Waals surface area contributed by atoms with Crippen molar-refractivity contribution in [1.29, 1.82) is 0 Å². The van der Waals surface area contributed by atoms with Crippen LogP contribution >= 0.6 is 11.6 Å². The van der Waals surface area contributed by atoms with Crippen molar-refractivity contribution < 1.29 is 13.2 Å². The Morgan fingerprint density at radius 1 is 1.14 bits per heavy atom. The van der Waals surface area contributed by atoms with E-state index in [-0.39, 0.29) is 6.04 Å². The summed E-state index contributed by atoms with van der Waals surface area (Å²) in [5, 5.41) is 11.2. The molecule has 0 fully saturated rings. The van der Waals surface area contributed by atoms with E-state index in [0.29, 0.717) is 23.1 Å². The molecule has 0 atom stereocenters. The van der Waals surface area contributed by atoms with Crippen molar-refractivity contribution in [2.45, 2.75) is 39.5 Å². The average Bonchev–Trinajstić information content (AvgIpc) is 3.09. The number of aryl methyl sites for hydroxylation is 1. The zero-order chi connectivity index (χ0) is 20.5. The zero-order valence-electron chi connectivity index (χ0n) is 15.5. The van der Waals surface area contributed by atoms with Gasteiger partial charge < -0.3 is 9.88 Å². The van der Waals surface area contributed by atoms with Gasteiger partial charge in [-0.05, 0) is 26.3 Å². The first-order chi connectivity index (χ1) is 13.1. The van der Waals surface area contributed by atoms with Gasteiger partial charge in [0.1, 0.15) is 5.82 Å². The number of hydrogen-bond acceptors (Lipinski definition) is 4. The topological polar surface area (TPSA) is 55.6 Å². The maximum absolute atomic E-state index is 13.0. The van der Waals surface area contributed by atoms with E-state index in [9.17, 15) is 13.2 Å². The van der Waals surface area contributed by atoms with E-state index in [1.54, 1.807) is 18.2 Å². The number of benzene rings is 1. The summed E-state index contributed by atoms with van der Waals surface area (Å²) in [5.41, 5.74) is 2.18. The van der Waals surface area contributed by atoms with Crippen molar-refractivity contribution in [2.75, 3.05) is 5.32 Å². The lowest BCUT2D eigenvalue weighted by molar-refractivity contribution is -0.140. The molecule has 1 aromatic carbocycles. The van der Waals surface area contributed by atoms with Gasteiger partial charge in [-0.1, -0.05) is 35.9 Å². The molecule has 0 saturated carbocycles. The Morgan fingerprint density at radius 3 is 2.43 bits per heavy atom. The second-order valence-electron chi connectivity index (χ2n) is 6.67. The van der Waals surface area contributed by atoms with Crippen LogP contribution in [0.3, 0.4) is 0 Å². The normalized spacial score (nSPS) is 11.9. The van der Waals surface area contributed by atoms with Crippen LogP contribution in [-0.2, 0) is 12.7 Å². The van der Waals surface area contributed by atoms with Crippen molar-refractivity contribution in [2.24, 2.45) is 0 Å². The second-order valence-corrected chi connectivity index (χ2v) is 7.05. The smallest absolute Gasteiger partial charge is 0.379 e. The molecule has 9 heteroatoms. The molecule has 0 spiro atoms. The number of rotatable bonds is 5. The van der Waals surface area contributed by atoms with Crippen LogP contribution < -0.4 is 5.32 Å². The van der Waals surface area contributed by atoms with Gasteiger partial charge in [0, 0.05) is 30.4 Å². The van der Waals surface area contributed by atoms with E-state index in [4.69, 9.17) is 11.6 Å². The van der Waals surface area contributed by atoms with Crippen molar-refractivity contribution in [3.8, 4) is 11.4 Å². The molecule has 0 aliphatic carbocycles. The lowest BCUT2D eigenvalue weighted by Crippen LogP contribution is -2.05. The van der Waals surface area contributed by atoms with Gasteiger partial charge in [0.2, 0.25) is 0 Å². The average molecular weight is 410 g/mol. The summed E-state index contributed by atoms with van der Waals surface area (Å²) in [6.45, 7) is 5.97. The van der Waals surface area contributed by atoms with Crippen LogP contribution in [0.5, 0.6) is 0 Å². The monoisotopic (exact) mass is 409 g/mol. The van der Waals surface area contributed by atoms with Crippen LogP contribution in [0, 0.1) is 6.92 Å². The first-order valence-corrected chi connectivity index (χ1v) is 9.02. The van der Waals surface area contributed by atoms with Crippen LogP contribution in [0.15, 0.2) is 36.5 Å². The van der Waals surface area contributed by atoms with E-state index in [0.717, 1.165) is 23.1 Å². The predicted molar refractivity (Wildman–Crippen MR) is 102 cm³/mol. The second kappa shape index (κ2) is 7.79. The van der Waals surface area contributed by atoms with E-state index in [1.807, 2.05) is 32.9 Å². The number of halogens is 4. The summed E-state index contributed by atoms with van der Waals surface area (Å²) in [4.78, 5) is 3.81. The molecule has 5 nitrogen and oxygen atoms in total. The van der Waals surface area contributed by atoms with E-state index in [1.165, 1.54) is 4.57 Å². The number of alkyl halides is 3. The highest BCUT2D eigenvalue weighted by molar-refractivity contribution is 6.29. The molecule has 3 rings (SSSR count). The van der Waals surface area contributed by atoms with Crippen LogP contribution in [-0.4, -0.2) is 19.7 Å². The molecule has 148 valence electrons. The Bertz CT molecular complexity index is 965. The standard InChI is InChI=1S/C19H19ClF3N5/c1-11(2)28-10-16(19(21,22)23)25-18(28)14-6-4-13(5-7-14)9-24-15-8-17(20)27-26-12(15)3/h4-8,10-11H,9H2,1-3H3,(H,24,27). The Morgan fingerprint density at radius 2 is 1.82 bits per heavy atom. The number of nitrogens with zero attached hydrogens (tertiary/aromatic N) is 4. The maximum Gasteiger partial charge on any atom is 0.434 e. The molecule has 1 N–H and O–H groups in total. The van der Waals surface area contributed by atoms with Gasteiger partial charge in [0.25, 0.3) is 0 Å². The fraction of sp³-hybridized carbons (Fsp3) is 0.316. The quantitative estimate of drug-likeness (QED) is 0.603. The molecular weight excluding hydrogens is 391 g/mol. The van der Waals surface area contributed by atoms with Gasteiger partial charge in [-0.3, -0.25) is 0 Å². The molecule has 0 radical (unpaired) electrons. The fourth-order valence-electron chi connectivity index (χ4n) is 2.71. The van der Waals surface area contributed by atoms with Crippen LogP contribution in [0.25, 0.3) is 11.4 Å². The van der Waals surface area contributed by atoms with Crippen LogP contribution in [0.4, 0.5) is 18.9 Å². The van der Waals surface area contributed by atoms with Crippen molar-refractivity contribution in [3.63, 3.8) is 0 Å². The van der Waals surface area contributed by atoms with Gasteiger partial charge >= 0.3 is 6.18 Å². The van der Waals surface area contributed by atoms with Crippen molar-refractivity contribution >= 4 is 17.3 Å². The molecule has 0 saturated heterocycles. The number of anilines is 1. The fourth-order valence-corrected chi connectivity index (χ4v) is 2.86. The minimum absolute atomic E-state index is 0.146. The molecule has 0 aliphatic heterocycles. The first kappa shape index (κ1) is 20.1. The summed E-state index contributed by atoms with van der Waals surface area (Å²) in [5.74, 6) is 0.294. The first-order valence-electron chi connectivity index (χ1n) is 8.64. The number of imidazole rings is 1. The number of nitrogens with one attached hydrogen (secondary N) is 1. The Hall–Kier alpha value is -2.61. The number of aromatic nitrogens is 4. The zero-order valence-corrected chi connectivity index (χ0v) is 16.3. The lowest BCUT2D eigenvalue weighted by Gasteiger charge is -2.12. The van der Waals surface area contributed by atoms with Gasteiger partial charge in [0.05, 0.1) is 11.4 Å². The van der Waals surface area contributed by atoms with E-state index >= 15 is 0 Å². The van der Waals surface area contributed by atoms with E-state index < -0.39 is 11.9 Å². The molecule has 2 aromatic heterocycles. The summed E-state index contributed by atoms with van der Waals surface area (Å²) in [6, 6.07) is 8.77. The highest BCUT2D eigenvalue weighted by atomic mass is 35.5. The largest absolute Gasteiger partial charge is 0.434 e. The minimum atomic E-state index is -4.48. The molecule has 0 unspecified atom stereocenters. The molecule has 0 amide bonds. The Balaban J connectivity index is 1.81. The molecule has 3 aromatic rings. The molecule has 0 aliphatic rings. The maximum atomic E-state index is 13.0. The lowest BCUT2D eigenvalue weighted by atomic mass is 10.1. The Labute approximate surface area is 165 Å². The Kier molecular flexibility index (Phi) is 5.60. The number of hydrogen-bond donors (Lipinski definition) is 1. The van der Waals surface area contributed by atoms with E-state index in [2.05, 4.69) is 20.5 Å². The van der Waals surface area contributed by atoms with Crippen molar-refractivity contribution in [1.82, 2.24) is 19.7 Å². The van der Waals surface area contributed by atoms with Gasteiger partial charge in [-0.2, -0.15) is 18.3 Å². The molecular formula is C19H19ClF3N5. The third-order valence-electron chi connectivity index (χ3n) is 4.22. The molecule has 2 heterocycles. The predicted octanol–water partition coefficient (Wildman–Crippen LogP) is 5.51. The summed E-state index contributed by atoms with van der Waals surface area (Å²) < 4.78 is 40.7. The SMILES string of the molecule is Cc1nnc(Cl)cc1NCc1ccc(-c2nc(C(F)(F)F)cn2C(C)C)cc1. The summed E-state index contributed by atoms with van der Waals surface area (Å²) in [7, 11) is 0. The van der Waals surface area contributed by atoms with Crippen LogP contribution in [0.1, 0.15) is 36.8 Å². The third kappa shape index (κ3) is 4.44. The van der Waals surface area contributed by atoms with Gasteiger partial charge in [-0.15, -0.1) is 5.10 Å². The molecule has 0 bridgehead atoms.